The van der Waals surface area contributed by atoms with Crippen LogP contribution in [-0.2, 0) is 16.1 Å². The highest BCUT2D eigenvalue weighted by Crippen LogP contribution is 2.32. The zero-order valence-corrected chi connectivity index (χ0v) is 14.8. The summed E-state index contributed by atoms with van der Waals surface area (Å²) >= 11 is 11.8. The van der Waals surface area contributed by atoms with Crippen molar-refractivity contribution in [3.8, 4) is 0 Å². The van der Waals surface area contributed by atoms with Gasteiger partial charge in [0.1, 0.15) is 0 Å². The first-order valence-electron chi connectivity index (χ1n) is 8.03. The predicted octanol–water partition coefficient (Wildman–Crippen LogP) is 3.86. The number of halogens is 2. The molecule has 1 aliphatic carbocycles. The number of hydrogen-bond acceptors (Lipinski definition) is 3. The number of urea groups is 1. The minimum atomic E-state index is -0.774. The molecule has 0 radical (unpaired) electrons. The molecular weight excluding hydrogens is 351 g/mol. The lowest BCUT2D eigenvalue weighted by Crippen LogP contribution is -2.46. The molecule has 1 aromatic rings. The van der Waals surface area contributed by atoms with E-state index in [1.807, 2.05) is 6.92 Å². The molecule has 2 atom stereocenters. The van der Waals surface area contributed by atoms with E-state index in [1.165, 1.54) is 0 Å². The molecule has 0 aromatic heterocycles. The zero-order valence-electron chi connectivity index (χ0n) is 13.3. The smallest absolute Gasteiger partial charge is 0.263 e. The molecule has 24 heavy (non-hydrogen) atoms. The number of rotatable bonds is 3. The Kier molecular flexibility index (Phi) is 4.83. The maximum absolute atomic E-state index is 12.7. The number of benzene rings is 1. The molecule has 0 bridgehead atoms. The van der Waals surface area contributed by atoms with Gasteiger partial charge in [-0.15, -0.1) is 0 Å². The summed E-state index contributed by atoms with van der Waals surface area (Å²) in [6, 6.07) is 4.16. The second-order valence-electron chi connectivity index (χ2n) is 6.43. The fourth-order valence-corrected chi connectivity index (χ4v) is 3.78. The van der Waals surface area contributed by atoms with Crippen LogP contribution in [0.3, 0.4) is 0 Å². The van der Waals surface area contributed by atoms with E-state index in [9.17, 15) is 14.4 Å². The first-order chi connectivity index (χ1) is 11.4. The molecule has 3 rings (SSSR count). The fraction of sp³-hybridized carbons (Fsp3) is 0.471. The van der Waals surface area contributed by atoms with Gasteiger partial charge in [0, 0.05) is 6.04 Å². The Morgan fingerprint density at radius 1 is 1.04 bits per heavy atom. The van der Waals surface area contributed by atoms with Crippen molar-refractivity contribution >= 4 is 41.0 Å². The average Bonchev–Trinajstić information content (AvgIpc) is 2.76. The molecule has 0 unspecified atom stereocenters. The third-order valence-corrected chi connectivity index (χ3v) is 5.55. The van der Waals surface area contributed by atoms with Crippen LogP contribution in [-0.4, -0.2) is 33.7 Å². The number of hydrogen-bond donors (Lipinski definition) is 0. The molecular formula is C17H18Cl2N2O3. The number of amides is 4. The monoisotopic (exact) mass is 368 g/mol. The summed E-state index contributed by atoms with van der Waals surface area (Å²) in [6.07, 6.45) is 3.77. The summed E-state index contributed by atoms with van der Waals surface area (Å²) in [7, 11) is 0. The largest absolute Gasteiger partial charge is 0.334 e. The molecule has 128 valence electrons. The van der Waals surface area contributed by atoms with Gasteiger partial charge in [0.25, 0.3) is 0 Å². The topological polar surface area (TPSA) is 57.7 Å². The Labute approximate surface area is 150 Å². The predicted molar refractivity (Wildman–Crippen MR) is 90.7 cm³/mol. The van der Waals surface area contributed by atoms with Crippen molar-refractivity contribution in [3.05, 3.63) is 33.8 Å². The minimum absolute atomic E-state index is 0.0118. The van der Waals surface area contributed by atoms with E-state index in [0.29, 0.717) is 15.6 Å². The van der Waals surface area contributed by atoms with E-state index in [4.69, 9.17) is 23.2 Å². The van der Waals surface area contributed by atoms with Crippen molar-refractivity contribution in [1.29, 1.82) is 0 Å². The van der Waals surface area contributed by atoms with Gasteiger partial charge in [-0.25, -0.2) is 4.79 Å². The molecule has 2 aliphatic rings. The summed E-state index contributed by atoms with van der Waals surface area (Å²) in [5, 5.41) is 0.741. The van der Waals surface area contributed by atoms with E-state index in [2.05, 4.69) is 0 Å². The van der Waals surface area contributed by atoms with Crippen LogP contribution in [0.1, 0.15) is 38.2 Å². The van der Waals surface area contributed by atoms with E-state index < -0.39 is 17.8 Å². The van der Waals surface area contributed by atoms with Crippen molar-refractivity contribution in [1.82, 2.24) is 9.80 Å². The van der Waals surface area contributed by atoms with Crippen LogP contribution in [0.15, 0.2) is 18.2 Å². The molecule has 5 nitrogen and oxygen atoms in total. The first-order valence-corrected chi connectivity index (χ1v) is 8.78. The van der Waals surface area contributed by atoms with Crippen molar-refractivity contribution in [2.45, 2.75) is 45.2 Å². The van der Waals surface area contributed by atoms with E-state index in [-0.39, 0.29) is 18.5 Å². The Hall–Kier alpha value is -1.59. The molecule has 4 amide bonds. The Morgan fingerprint density at radius 3 is 2.42 bits per heavy atom. The third kappa shape index (κ3) is 3.03. The average molecular weight is 369 g/mol. The lowest BCUT2D eigenvalue weighted by molar-refractivity contribution is -0.144. The normalized spacial score (nSPS) is 24.9. The Morgan fingerprint density at radius 2 is 1.75 bits per heavy atom. The van der Waals surface area contributed by atoms with Gasteiger partial charge in [-0.3, -0.25) is 19.4 Å². The number of carbonyl (C=O) groups excluding carboxylic acids is 3. The van der Waals surface area contributed by atoms with Crippen LogP contribution >= 0.6 is 23.2 Å². The quantitative estimate of drug-likeness (QED) is 0.601. The maximum atomic E-state index is 12.7. The van der Waals surface area contributed by atoms with E-state index in [0.717, 1.165) is 35.5 Å². The van der Waals surface area contributed by atoms with Gasteiger partial charge in [0.05, 0.1) is 16.6 Å². The summed E-state index contributed by atoms with van der Waals surface area (Å²) < 4.78 is 0. The van der Waals surface area contributed by atoms with Crippen LogP contribution in [0.4, 0.5) is 4.79 Å². The molecule has 1 saturated heterocycles. The molecule has 1 aliphatic heterocycles. The molecule has 0 spiro atoms. The van der Waals surface area contributed by atoms with Gasteiger partial charge in [-0.2, -0.15) is 0 Å². The third-order valence-electron chi connectivity index (χ3n) is 4.81. The van der Waals surface area contributed by atoms with E-state index >= 15 is 0 Å². The zero-order chi connectivity index (χ0) is 17.4. The second kappa shape index (κ2) is 6.73. The SMILES string of the molecule is C[C@@H]1CCCC[C@H]1N1C(=O)C(=O)N(Cc2ccc(Cl)c(Cl)c2)C1=O. The van der Waals surface area contributed by atoms with Crippen molar-refractivity contribution in [3.63, 3.8) is 0 Å². The number of imide groups is 2. The van der Waals surface area contributed by atoms with Gasteiger partial charge in [0.2, 0.25) is 0 Å². The first kappa shape index (κ1) is 17.2. The van der Waals surface area contributed by atoms with Crippen LogP contribution in [0.2, 0.25) is 10.0 Å². The Bertz CT molecular complexity index is 707. The lowest BCUT2D eigenvalue weighted by atomic mass is 9.85. The molecule has 2 fully saturated rings. The van der Waals surface area contributed by atoms with E-state index in [1.54, 1.807) is 18.2 Å². The minimum Gasteiger partial charge on any atom is -0.263 e. The van der Waals surface area contributed by atoms with Gasteiger partial charge < -0.3 is 0 Å². The molecule has 7 heteroatoms. The van der Waals surface area contributed by atoms with Gasteiger partial charge in [-0.05, 0) is 36.5 Å². The maximum Gasteiger partial charge on any atom is 0.334 e. The van der Waals surface area contributed by atoms with Crippen LogP contribution < -0.4 is 0 Å². The standard InChI is InChI=1S/C17H18Cl2N2O3/c1-10-4-2-3-5-14(10)21-16(23)15(22)20(17(21)24)9-11-6-7-12(18)13(19)8-11/h6-8,10,14H,2-5,9H2,1H3/t10-,14-/m1/s1. The summed E-state index contributed by atoms with van der Waals surface area (Å²) in [4.78, 5) is 39.5. The second-order valence-corrected chi connectivity index (χ2v) is 7.24. The van der Waals surface area contributed by atoms with Gasteiger partial charge in [-0.1, -0.05) is 49.0 Å². The molecule has 1 aromatic carbocycles. The van der Waals surface area contributed by atoms with Gasteiger partial charge in [0.15, 0.2) is 0 Å². The number of nitrogens with zero attached hydrogens (tertiary/aromatic N) is 2. The van der Waals surface area contributed by atoms with Crippen molar-refractivity contribution < 1.29 is 14.4 Å². The highest BCUT2D eigenvalue weighted by atomic mass is 35.5. The highest BCUT2D eigenvalue weighted by molar-refractivity contribution is 6.44. The van der Waals surface area contributed by atoms with Crippen LogP contribution in [0.5, 0.6) is 0 Å². The Balaban J connectivity index is 1.82. The fourth-order valence-electron chi connectivity index (χ4n) is 3.46. The lowest BCUT2D eigenvalue weighted by Gasteiger charge is -2.34. The summed E-state index contributed by atoms with van der Waals surface area (Å²) in [5.74, 6) is -1.29. The summed E-state index contributed by atoms with van der Waals surface area (Å²) in [6.45, 7) is 2.04. The van der Waals surface area contributed by atoms with Crippen molar-refractivity contribution in [2.75, 3.05) is 0 Å². The molecule has 0 N–H and O–H groups in total. The number of carbonyl (C=O) groups is 3. The van der Waals surface area contributed by atoms with Crippen LogP contribution in [0.25, 0.3) is 0 Å². The molecule has 1 saturated carbocycles. The highest BCUT2D eigenvalue weighted by Gasteiger charge is 2.48. The molecule has 1 heterocycles. The summed E-state index contributed by atoms with van der Waals surface area (Å²) in [5.41, 5.74) is 0.650. The van der Waals surface area contributed by atoms with Crippen LogP contribution in [0, 0.1) is 5.92 Å². The van der Waals surface area contributed by atoms with Gasteiger partial charge >= 0.3 is 17.8 Å². The van der Waals surface area contributed by atoms with Crippen molar-refractivity contribution in [2.24, 2.45) is 5.92 Å².